The predicted molar refractivity (Wildman–Crippen MR) is 114 cm³/mol. The molecule has 10 heteroatoms. The monoisotopic (exact) mass is 453 g/mol. The molecule has 0 spiro atoms. The van der Waals surface area contributed by atoms with Crippen molar-refractivity contribution in [2.24, 2.45) is 0 Å². The first-order chi connectivity index (χ1) is 14.8. The molecule has 1 aromatic carbocycles. The molecule has 1 fully saturated rings. The van der Waals surface area contributed by atoms with Gasteiger partial charge >= 0.3 is 0 Å². The average molecular weight is 454 g/mol. The largest absolute Gasteiger partial charge is 0.333 e. The SMILES string of the molecule is CN(C)CCN(C(=O)c1cc(NC(=O)c2cc(F)c(F)cc2Cl)[nH]n1)C1CCCCC1. The van der Waals surface area contributed by atoms with Gasteiger partial charge in [-0.15, -0.1) is 0 Å². The Morgan fingerprint density at radius 1 is 1.13 bits per heavy atom. The van der Waals surface area contributed by atoms with Crippen LogP contribution in [-0.4, -0.2) is 65.0 Å². The Balaban J connectivity index is 1.73. The van der Waals surface area contributed by atoms with E-state index in [1.54, 1.807) is 0 Å². The fourth-order valence-electron chi connectivity index (χ4n) is 3.68. The zero-order valence-electron chi connectivity index (χ0n) is 17.6. The van der Waals surface area contributed by atoms with Crippen LogP contribution >= 0.6 is 11.6 Å². The molecule has 1 saturated carbocycles. The summed E-state index contributed by atoms with van der Waals surface area (Å²) >= 11 is 5.85. The van der Waals surface area contributed by atoms with Crippen molar-refractivity contribution in [3.8, 4) is 0 Å². The number of rotatable bonds is 7. The molecule has 0 aliphatic heterocycles. The van der Waals surface area contributed by atoms with Crippen molar-refractivity contribution in [2.45, 2.75) is 38.1 Å². The third-order valence-electron chi connectivity index (χ3n) is 5.36. The maximum Gasteiger partial charge on any atom is 0.274 e. The number of nitrogens with one attached hydrogen (secondary N) is 2. The van der Waals surface area contributed by atoms with Crippen LogP contribution in [0.4, 0.5) is 14.6 Å². The first-order valence-electron chi connectivity index (χ1n) is 10.2. The minimum atomic E-state index is -1.18. The Hall–Kier alpha value is -2.52. The first-order valence-corrected chi connectivity index (χ1v) is 10.6. The Morgan fingerprint density at radius 3 is 2.48 bits per heavy atom. The van der Waals surface area contributed by atoms with Crippen molar-refractivity contribution in [1.82, 2.24) is 20.0 Å². The molecular weight excluding hydrogens is 428 g/mol. The molecule has 31 heavy (non-hydrogen) atoms. The lowest BCUT2D eigenvalue weighted by atomic mass is 9.94. The maximum atomic E-state index is 13.5. The van der Waals surface area contributed by atoms with E-state index in [9.17, 15) is 18.4 Å². The minimum absolute atomic E-state index is 0.158. The summed E-state index contributed by atoms with van der Waals surface area (Å²) in [5.41, 5.74) is -0.0473. The highest BCUT2D eigenvalue weighted by molar-refractivity contribution is 6.34. The summed E-state index contributed by atoms with van der Waals surface area (Å²) in [5, 5.41) is 8.91. The van der Waals surface area contributed by atoms with Crippen LogP contribution in [-0.2, 0) is 0 Å². The van der Waals surface area contributed by atoms with Gasteiger partial charge in [-0.1, -0.05) is 30.9 Å². The molecule has 2 N–H and O–H groups in total. The van der Waals surface area contributed by atoms with Crippen LogP contribution in [0.5, 0.6) is 0 Å². The summed E-state index contributed by atoms with van der Waals surface area (Å²) in [5.74, 6) is -3.12. The first kappa shape index (κ1) is 23.1. The number of amides is 2. The van der Waals surface area contributed by atoms with Crippen molar-refractivity contribution in [3.63, 3.8) is 0 Å². The molecule has 0 unspecified atom stereocenters. The quantitative estimate of drug-likeness (QED) is 0.622. The molecule has 3 rings (SSSR count). The van der Waals surface area contributed by atoms with E-state index >= 15 is 0 Å². The second-order valence-corrected chi connectivity index (χ2v) is 8.37. The van der Waals surface area contributed by atoms with E-state index in [0.717, 1.165) is 44.4 Å². The van der Waals surface area contributed by atoms with E-state index in [2.05, 4.69) is 15.5 Å². The molecule has 1 heterocycles. The van der Waals surface area contributed by atoms with Gasteiger partial charge in [0.15, 0.2) is 17.3 Å². The van der Waals surface area contributed by atoms with Gasteiger partial charge in [-0.05, 0) is 39.1 Å². The summed E-state index contributed by atoms with van der Waals surface area (Å²) in [4.78, 5) is 29.4. The number of hydrogen-bond acceptors (Lipinski definition) is 4. The van der Waals surface area contributed by atoms with Gasteiger partial charge in [0.05, 0.1) is 10.6 Å². The number of carbonyl (C=O) groups is 2. The van der Waals surface area contributed by atoms with Gasteiger partial charge in [0.1, 0.15) is 5.82 Å². The molecule has 1 aromatic heterocycles. The Bertz CT molecular complexity index is 944. The number of anilines is 1. The summed E-state index contributed by atoms with van der Waals surface area (Å²) in [6, 6.07) is 3.05. The molecule has 0 saturated heterocycles. The standard InChI is InChI=1S/C21H26ClF2N5O2/c1-28(2)8-9-29(13-6-4-3-5-7-13)21(31)18-12-19(27-26-18)25-20(30)14-10-16(23)17(24)11-15(14)22/h10-13H,3-9H2,1-2H3,(H2,25,26,27,30). The average Bonchev–Trinajstić information content (AvgIpc) is 3.19. The zero-order valence-corrected chi connectivity index (χ0v) is 18.3. The third-order valence-corrected chi connectivity index (χ3v) is 5.68. The number of nitrogens with zero attached hydrogens (tertiary/aromatic N) is 3. The van der Waals surface area contributed by atoms with Gasteiger partial charge in [0.2, 0.25) is 0 Å². The third kappa shape index (κ3) is 5.80. The number of aromatic amines is 1. The van der Waals surface area contributed by atoms with Crippen molar-refractivity contribution >= 4 is 29.2 Å². The molecule has 2 amide bonds. The molecule has 0 bridgehead atoms. The fraction of sp³-hybridized carbons (Fsp3) is 0.476. The maximum absolute atomic E-state index is 13.5. The highest BCUT2D eigenvalue weighted by Gasteiger charge is 2.28. The van der Waals surface area contributed by atoms with E-state index in [1.807, 2.05) is 23.9 Å². The predicted octanol–water partition coefficient (Wildman–Crippen LogP) is 3.93. The number of benzene rings is 1. The van der Waals surface area contributed by atoms with E-state index in [-0.39, 0.29) is 34.0 Å². The zero-order chi connectivity index (χ0) is 22.5. The lowest BCUT2D eigenvalue weighted by Gasteiger charge is -2.34. The van der Waals surface area contributed by atoms with E-state index in [4.69, 9.17) is 11.6 Å². The lowest BCUT2D eigenvalue weighted by molar-refractivity contribution is 0.0612. The summed E-state index contributed by atoms with van der Waals surface area (Å²) < 4.78 is 26.7. The second kappa shape index (κ2) is 10.2. The van der Waals surface area contributed by atoms with Crippen molar-refractivity contribution in [3.05, 3.63) is 46.1 Å². The Kier molecular flexibility index (Phi) is 7.61. The van der Waals surface area contributed by atoms with E-state index in [0.29, 0.717) is 6.54 Å². The van der Waals surface area contributed by atoms with Crippen LogP contribution in [0.2, 0.25) is 5.02 Å². The molecule has 1 aliphatic carbocycles. The van der Waals surface area contributed by atoms with Crippen molar-refractivity contribution in [1.29, 1.82) is 0 Å². The molecule has 7 nitrogen and oxygen atoms in total. The minimum Gasteiger partial charge on any atom is -0.333 e. The van der Waals surface area contributed by atoms with Crippen LogP contribution in [0.15, 0.2) is 18.2 Å². The number of hydrogen-bond donors (Lipinski definition) is 2. The van der Waals surface area contributed by atoms with Gasteiger partial charge in [-0.25, -0.2) is 8.78 Å². The Labute approximate surface area is 184 Å². The van der Waals surface area contributed by atoms with Gasteiger partial charge in [0.25, 0.3) is 11.8 Å². The normalized spacial score (nSPS) is 14.6. The molecule has 0 atom stereocenters. The number of carbonyl (C=O) groups excluding carboxylic acids is 2. The van der Waals surface area contributed by atoms with Gasteiger partial charge in [-0.3, -0.25) is 14.7 Å². The Morgan fingerprint density at radius 2 is 1.81 bits per heavy atom. The highest BCUT2D eigenvalue weighted by atomic mass is 35.5. The second-order valence-electron chi connectivity index (χ2n) is 7.96. The number of halogens is 3. The van der Waals surface area contributed by atoms with Gasteiger partial charge < -0.3 is 15.1 Å². The topological polar surface area (TPSA) is 81.3 Å². The molecule has 1 aliphatic rings. The summed E-state index contributed by atoms with van der Waals surface area (Å²) in [6.45, 7) is 1.31. The number of aromatic nitrogens is 2. The molecule has 2 aromatic rings. The highest BCUT2D eigenvalue weighted by Crippen LogP contribution is 2.25. The summed E-state index contributed by atoms with van der Waals surface area (Å²) in [7, 11) is 3.91. The van der Waals surface area contributed by atoms with Crippen LogP contribution in [0.1, 0.15) is 53.0 Å². The fourth-order valence-corrected chi connectivity index (χ4v) is 3.92. The van der Waals surface area contributed by atoms with Crippen molar-refractivity contribution < 1.29 is 18.4 Å². The van der Waals surface area contributed by atoms with Gasteiger partial charge in [0, 0.05) is 25.2 Å². The van der Waals surface area contributed by atoms with Crippen LogP contribution in [0.3, 0.4) is 0 Å². The van der Waals surface area contributed by atoms with Gasteiger partial charge in [-0.2, -0.15) is 5.10 Å². The van der Waals surface area contributed by atoms with E-state index in [1.165, 1.54) is 12.5 Å². The van der Waals surface area contributed by atoms with Crippen LogP contribution < -0.4 is 5.32 Å². The van der Waals surface area contributed by atoms with Crippen LogP contribution in [0, 0.1) is 11.6 Å². The van der Waals surface area contributed by atoms with Crippen molar-refractivity contribution in [2.75, 3.05) is 32.5 Å². The summed E-state index contributed by atoms with van der Waals surface area (Å²) in [6.07, 6.45) is 5.28. The molecule has 0 radical (unpaired) electrons. The molecule has 168 valence electrons. The lowest BCUT2D eigenvalue weighted by Crippen LogP contribution is -2.44. The van der Waals surface area contributed by atoms with Crippen LogP contribution in [0.25, 0.3) is 0 Å². The smallest absolute Gasteiger partial charge is 0.274 e. The van der Waals surface area contributed by atoms with E-state index < -0.39 is 17.5 Å². The molecular formula is C21H26ClF2N5O2. The number of likely N-dealkylation sites (N-methyl/N-ethyl adjacent to an activating group) is 1. The number of H-pyrrole nitrogens is 1.